The normalized spacial score (nSPS) is 18.8. The van der Waals surface area contributed by atoms with Crippen LogP contribution in [0.15, 0.2) is 30.0 Å². The summed E-state index contributed by atoms with van der Waals surface area (Å²) in [5.74, 6) is 0.324. The maximum atomic E-state index is 12.0. The Morgan fingerprint density at radius 2 is 1.73 bits per heavy atom. The van der Waals surface area contributed by atoms with E-state index in [4.69, 9.17) is 14.2 Å². The van der Waals surface area contributed by atoms with E-state index < -0.39 is 11.6 Å². The number of rotatable bonds is 4. The van der Waals surface area contributed by atoms with Crippen molar-refractivity contribution >= 4 is 17.4 Å². The molecule has 118 valence electrons. The number of cyclic esters (lactones) is 1. The third-order valence-corrected chi connectivity index (χ3v) is 3.21. The van der Waals surface area contributed by atoms with Crippen LogP contribution in [-0.2, 0) is 14.3 Å². The van der Waals surface area contributed by atoms with Gasteiger partial charge in [-0.3, -0.25) is 4.79 Å². The van der Waals surface area contributed by atoms with Crippen molar-refractivity contribution in [3.8, 4) is 11.5 Å². The van der Waals surface area contributed by atoms with Crippen molar-refractivity contribution in [2.75, 3.05) is 19.5 Å². The van der Waals surface area contributed by atoms with Crippen molar-refractivity contribution in [1.82, 2.24) is 0 Å². The second-order valence-corrected chi connectivity index (χ2v) is 5.55. The minimum atomic E-state index is -0.759. The number of hydrogen-bond donors (Lipinski definition) is 1. The van der Waals surface area contributed by atoms with Gasteiger partial charge < -0.3 is 19.5 Å². The van der Waals surface area contributed by atoms with Crippen LogP contribution >= 0.6 is 0 Å². The average Bonchev–Trinajstić information content (AvgIpc) is 2.44. The van der Waals surface area contributed by atoms with Crippen molar-refractivity contribution in [1.29, 1.82) is 0 Å². The van der Waals surface area contributed by atoms with Crippen LogP contribution in [0.3, 0.4) is 0 Å². The lowest BCUT2D eigenvalue weighted by atomic mass is 9.94. The Bertz CT molecular complexity index is 589. The van der Waals surface area contributed by atoms with E-state index in [1.807, 2.05) is 0 Å². The Morgan fingerprint density at radius 1 is 1.14 bits per heavy atom. The molecular formula is C16H19NO5. The highest BCUT2D eigenvalue weighted by atomic mass is 16.6. The van der Waals surface area contributed by atoms with Crippen molar-refractivity contribution in [3.63, 3.8) is 0 Å². The first-order chi connectivity index (χ1) is 10.3. The smallest absolute Gasteiger partial charge is 0.343 e. The predicted octanol–water partition coefficient (Wildman–Crippen LogP) is 2.29. The molecule has 0 amide bonds. The number of benzene rings is 1. The van der Waals surface area contributed by atoms with E-state index in [2.05, 4.69) is 5.32 Å². The standard InChI is InChI=1S/C16H19NO5/c1-16(2)8-14(18)13(15(19)22-16)9-17-10-5-11(20-3)7-12(6-10)21-4/h5-7,9,17H,8H2,1-4H3/b13-9-. The molecule has 1 aliphatic rings. The van der Waals surface area contributed by atoms with Gasteiger partial charge in [-0.2, -0.15) is 0 Å². The third kappa shape index (κ3) is 3.58. The zero-order valence-electron chi connectivity index (χ0n) is 13.1. The summed E-state index contributed by atoms with van der Waals surface area (Å²) < 4.78 is 15.5. The van der Waals surface area contributed by atoms with Crippen LogP contribution in [0.25, 0.3) is 0 Å². The Labute approximate surface area is 129 Å². The Hall–Kier alpha value is -2.50. The van der Waals surface area contributed by atoms with Gasteiger partial charge in [-0.05, 0) is 13.8 Å². The predicted molar refractivity (Wildman–Crippen MR) is 81.0 cm³/mol. The zero-order valence-corrected chi connectivity index (χ0v) is 13.1. The van der Waals surface area contributed by atoms with E-state index in [1.54, 1.807) is 46.3 Å². The van der Waals surface area contributed by atoms with Crippen molar-refractivity contribution in [3.05, 3.63) is 30.0 Å². The van der Waals surface area contributed by atoms with Gasteiger partial charge in [0, 0.05) is 30.1 Å². The number of nitrogens with one attached hydrogen (secondary N) is 1. The number of ketones is 1. The largest absolute Gasteiger partial charge is 0.497 e. The highest BCUT2D eigenvalue weighted by Crippen LogP contribution is 2.28. The topological polar surface area (TPSA) is 73.9 Å². The molecule has 1 aliphatic heterocycles. The van der Waals surface area contributed by atoms with Crippen LogP contribution in [0.4, 0.5) is 5.69 Å². The second kappa shape index (κ2) is 6.09. The van der Waals surface area contributed by atoms with Crippen LogP contribution in [0.1, 0.15) is 20.3 Å². The molecule has 1 N–H and O–H groups in total. The Kier molecular flexibility index (Phi) is 4.40. The van der Waals surface area contributed by atoms with E-state index in [0.717, 1.165) is 0 Å². The summed E-state index contributed by atoms with van der Waals surface area (Å²) in [6.45, 7) is 3.42. The van der Waals surface area contributed by atoms with Gasteiger partial charge in [-0.15, -0.1) is 0 Å². The number of ether oxygens (including phenoxy) is 3. The number of hydrogen-bond acceptors (Lipinski definition) is 6. The first kappa shape index (κ1) is 15.9. The average molecular weight is 305 g/mol. The maximum absolute atomic E-state index is 12.0. The van der Waals surface area contributed by atoms with Crippen LogP contribution in [0.2, 0.25) is 0 Å². The van der Waals surface area contributed by atoms with Crippen molar-refractivity contribution in [2.45, 2.75) is 25.9 Å². The van der Waals surface area contributed by atoms with Gasteiger partial charge >= 0.3 is 5.97 Å². The molecule has 0 spiro atoms. The fraction of sp³-hybridized carbons (Fsp3) is 0.375. The Balaban J connectivity index is 2.21. The summed E-state index contributed by atoms with van der Waals surface area (Å²) in [6.07, 6.45) is 1.52. The van der Waals surface area contributed by atoms with E-state index in [1.165, 1.54) is 6.20 Å². The number of anilines is 1. The summed E-state index contributed by atoms with van der Waals surface area (Å²) in [6, 6.07) is 5.17. The molecule has 1 heterocycles. The first-order valence-electron chi connectivity index (χ1n) is 6.81. The van der Waals surface area contributed by atoms with Gasteiger partial charge in [0.05, 0.1) is 20.6 Å². The summed E-state index contributed by atoms with van der Waals surface area (Å²) in [7, 11) is 3.09. The minimum absolute atomic E-state index is 0.00103. The molecule has 0 bridgehead atoms. The molecule has 0 radical (unpaired) electrons. The molecule has 2 rings (SSSR count). The van der Waals surface area contributed by atoms with Crippen molar-refractivity contribution in [2.24, 2.45) is 0 Å². The van der Waals surface area contributed by atoms with Gasteiger partial charge in [-0.25, -0.2) is 4.79 Å². The lowest BCUT2D eigenvalue weighted by Gasteiger charge is -2.29. The SMILES string of the molecule is COc1cc(N/C=C2/C(=O)CC(C)(C)OC2=O)cc(OC)c1. The number of esters is 1. The molecule has 6 heteroatoms. The van der Waals surface area contributed by atoms with E-state index in [-0.39, 0.29) is 17.8 Å². The quantitative estimate of drug-likeness (QED) is 0.523. The molecule has 1 aromatic rings. The highest BCUT2D eigenvalue weighted by Gasteiger charge is 2.37. The summed E-state index contributed by atoms with van der Waals surface area (Å²) >= 11 is 0. The molecular weight excluding hydrogens is 286 g/mol. The summed E-state index contributed by atoms with van der Waals surface area (Å²) in [4.78, 5) is 23.9. The van der Waals surface area contributed by atoms with E-state index in [0.29, 0.717) is 17.2 Å². The summed E-state index contributed by atoms with van der Waals surface area (Å²) in [5.41, 5.74) is -0.125. The maximum Gasteiger partial charge on any atom is 0.343 e. The van der Waals surface area contributed by atoms with E-state index >= 15 is 0 Å². The number of carbonyl (C=O) groups is 2. The third-order valence-electron chi connectivity index (χ3n) is 3.21. The molecule has 0 atom stereocenters. The number of carbonyl (C=O) groups excluding carboxylic acids is 2. The van der Waals surface area contributed by atoms with Gasteiger partial charge in [0.25, 0.3) is 0 Å². The fourth-order valence-electron chi connectivity index (χ4n) is 2.12. The molecule has 0 unspecified atom stereocenters. The van der Waals surface area contributed by atoms with Gasteiger partial charge in [0.1, 0.15) is 22.7 Å². The van der Waals surface area contributed by atoms with Crippen LogP contribution in [0, 0.1) is 0 Å². The molecule has 1 saturated heterocycles. The van der Waals surface area contributed by atoms with Gasteiger partial charge in [0.2, 0.25) is 0 Å². The monoisotopic (exact) mass is 305 g/mol. The van der Waals surface area contributed by atoms with E-state index in [9.17, 15) is 9.59 Å². The van der Waals surface area contributed by atoms with Gasteiger partial charge in [0.15, 0.2) is 5.78 Å². The lowest BCUT2D eigenvalue weighted by molar-refractivity contribution is -0.159. The van der Waals surface area contributed by atoms with Crippen LogP contribution < -0.4 is 14.8 Å². The first-order valence-corrected chi connectivity index (χ1v) is 6.81. The van der Waals surface area contributed by atoms with Crippen LogP contribution in [0.5, 0.6) is 11.5 Å². The Morgan fingerprint density at radius 3 is 2.23 bits per heavy atom. The van der Waals surface area contributed by atoms with Gasteiger partial charge in [-0.1, -0.05) is 0 Å². The minimum Gasteiger partial charge on any atom is -0.497 e. The second-order valence-electron chi connectivity index (χ2n) is 5.55. The van der Waals surface area contributed by atoms with Crippen molar-refractivity contribution < 1.29 is 23.8 Å². The molecule has 0 saturated carbocycles. The molecule has 1 fully saturated rings. The number of Topliss-reactive ketones (excluding diaryl/α,β-unsaturated/α-hetero) is 1. The highest BCUT2D eigenvalue weighted by molar-refractivity contribution is 6.19. The molecule has 1 aromatic carbocycles. The number of methoxy groups -OCH3 is 2. The van der Waals surface area contributed by atoms with Crippen LogP contribution in [-0.4, -0.2) is 31.6 Å². The zero-order chi connectivity index (χ0) is 16.3. The lowest BCUT2D eigenvalue weighted by Crippen LogP contribution is -2.39. The molecule has 0 aliphatic carbocycles. The molecule has 6 nitrogen and oxygen atoms in total. The fourth-order valence-corrected chi connectivity index (χ4v) is 2.12. The molecule has 0 aromatic heterocycles. The summed E-state index contributed by atoms with van der Waals surface area (Å²) in [5, 5.41) is 2.91. The molecule has 22 heavy (non-hydrogen) atoms.